The lowest BCUT2D eigenvalue weighted by Gasteiger charge is -2.37. The minimum atomic E-state index is -1.79. The monoisotopic (exact) mass is 305 g/mol. The van der Waals surface area contributed by atoms with Gasteiger partial charge >= 0.3 is 0 Å². The summed E-state index contributed by atoms with van der Waals surface area (Å²) >= 11 is 0. The van der Waals surface area contributed by atoms with E-state index in [0.29, 0.717) is 30.3 Å². The molecule has 0 aliphatic carbocycles. The number of nitriles is 1. The number of ether oxygens (including phenoxy) is 2. The van der Waals surface area contributed by atoms with Gasteiger partial charge in [0.1, 0.15) is 6.61 Å². The summed E-state index contributed by atoms with van der Waals surface area (Å²) in [6, 6.07) is 7.33. The third-order valence-electron chi connectivity index (χ3n) is 4.23. The van der Waals surface area contributed by atoms with Gasteiger partial charge in [-0.05, 0) is 30.3 Å². The summed E-state index contributed by atoms with van der Waals surface area (Å²) in [5, 5.41) is 9.11. The molecule has 5 heteroatoms. The van der Waals surface area contributed by atoms with E-state index in [9.17, 15) is 0 Å². The molecule has 1 aliphatic rings. The Hall–Kier alpha value is -1.51. The quantitative estimate of drug-likeness (QED) is 0.799. The van der Waals surface area contributed by atoms with Crippen molar-refractivity contribution in [1.29, 1.82) is 5.26 Å². The van der Waals surface area contributed by atoms with Gasteiger partial charge in [-0.25, -0.2) is 0 Å². The Morgan fingerprint density at radius 1 is 1.33 bits per heavy atom. The normalized spacial score (nSPS) is 18.2. The molecule has 0 amide bonds. The van der Waals surface area contributed by atoms with Gasteiger partial charge in [-0.15, -0.1) is 0 Å². The largest absolute Gasteiger partial charge is 0.486 e. The highest BCUT2D eigenvalue weighted by molar-refractivity contribution is 6.74. The van der Waals surface area contributed by atoms with Crippen LogP contribution in [-0.4, -0.2) is 27.6 Å². The zero-order valence-corrected chi connectivity index (χ0v) is 14.4. The molecule has 0 aromatic heterocycles. The summed E-state index contributed by atoms with van der Waals surface area (Å²) in [4.78, 5) is 0. The maximum absolute atomic E-state index is 8.94. The number of hydrogen-bond donors (Lipinski definition) is 0. The number of hydrogen-bond acceptors (Lipinski definition) is 4. The SMILES string of the molecule is CC(C)(C)[Si](C)(C)OC[C@H]1COc2ccc(C#N)cc2O1. The fourth-order valence-electron chi connectivity index (χ4n) is 1.79. The van der Waals surface area contributed by atoms with Gasteiger partial charge in [0.15, 0.2) is 25.9 Å². The third-order valence-corrected chi connectivity index (χ3v) is 8.73. The Morgan fingerprint density at radius 3 is 2.67 bits per heavy atom. The van der Waals surface area contributed by atoms with Crippen LogP contribution < -0.4 is 9.47 Å². The highest BCUT2D eigenvalue weighted by Crippen LogP contribution is 2.37. The summed E-state index contributed by atoms with van der Waals surface area (Å²) in [5.41, 5.74) is 0.573. The van der Waals surface area contributed by atoms with Gasteiger partial charge in [0.2, 0.25) is 0 Å². The molecule has 1 aliphatic heterocycles. The van der Waals surface area contributed by atoms with E-state index < -0.39 is 8.32 Å². The topological polar surface area (TPSA) is 51.5 Å². The number of benzene rings is 1. The summed E-state index contributed by atoms with van der Waals surface area (Å²) in [6.45, 7) is 12.1. The summed E-state index contributed by atoms with van der Waals surface area (Å²) < 4.78 is 17.8. The summed E-state index contributed by atoms with van der Waals surface area (Å²) in [7, 11) is -1.79. The Morgan fingerprint density at radius 2 is 2.05 bits per heavy atom. The molecule has 0 unspecified atom stereocenters. The van der Waals surface area contributed by atoms with Crippen molar-refractivity contribution in [3.05, 3.63) is 23.8 Å². The maximum atomic E-state index is 8.94. The molecule has 0 spiro atoms. The van der Waals surface area contributed by atoms with Crippen molar-refractivity contribution in [2.45, 2.75) is 45.0 Å². The van der Waals surface area contributed by atoms with Crippen molar-refractivity contribution in [3.63, 3.8) is 0 Å². The van der Waals surface area contributed by atoms with Gasteiger partial charge in [0, 0.05) is 6.07 Å². The zero-order valence-electron chi connectivity index (χ0n) is 13.4. The average Bonchev–Trinajstić information content (AvgIpc) is 2.43. The van der Waals surface area contributed by atoms with Crippen molar-refractivity contribution < 1.29 is 13.9 Å². The van der Waals surface area contributed by atoms with Gasteiger partial charge in [-0.2, -0.15) is 5.26 Å². The molecule has 114 valence electrons. The van der Waals surface area contributed by atoms with Crippen LogP contribution >= 0.6 is 0 Å². The minimum absolute atomic E-state index is 0.124. The highest BCUT2D eigenvalue weighted by atomic mass is 28.4. The van der Waals surface area contributed by atoms with E-state index in [0.717, 1.165) is 0 Å². The molecule has 1 aromatic carbocycles. The van der Waals surface area contributed by atoms with Crippen LogP contribution in [0.25, 0.3) is 0 Å². The lowest BCUT2D eigenvalue weighted by molar-refractivity contribution is 0.0492. The van der Waals surface area contributed by atoms with Crippen LogP contribution in [0.15, 0.2) is 18.2 Å². The molecule has 0 radical (unpaired) electrons. The number of rotatable bonds is 3. The Bertz CT molecular complexity index is 558. The second-order valence-electron chi connectivity index (χ2n) is 6.90. The standard InChI is InChI=1S/C16H23NO3Si/c1-16(2,3)21(4,5)19-11-13-10-18-14-7-6-12(9-17)8-15(14)20-13/h6-8,13H,10-11H2,1-5H3/t13-/m1/s1. The van der Waals surface area contributed by atoms with Gasteiger partial charge in [0.25, 0.3) is 0 Å². The van der Waals surface area contributed by atoms with Crippen LogP contribution in [0.1, 0.15) is 26.3 Å². The van der Waals surface area contributed by atoms with Crippen molar-refractivity contribution in [2.75, 3.05) is 13.2 Å². The molecule has 21 heavy (non-hydrogen) atoms. The van der Waals surface area contributed by atoms with Gasteiger partial charge in [-0.3, -0.25) is 0 Å². The fraction of sp³-hybridized carbons (Fsp3) is 0.562. The van der Waals surface area contributed by atoms with E-state index in [-0.39, 0.29) is 11.1 Å². The van der Waals surface area contributed by atoms with Crippen LogP contribution in [0.4, 0.5) is 0 Å². The van der Waals surface area contributed by atoms with Crippen molar-refractivity contribution in [2.24, 2.45) is 0 Å². The van der Waals surface area contributed by atoms with Crippen LogP contribution in [0.5, 0.6) is 11.5 Å². The average molecular weight is 305 g/mol. The van der Waals surface area contributed by atoms with Gasteiger partial charge < -0.3 is 13.9 Å². The van der Waals surface area contributed by atoms with Crippen LogP contribution in [0, 0.1) is 11.3 Å². The first kappa shape index (κ1) is 15.9. The Kier molecular flexibility index (Phi) is 4.31. The molecule has 0 saturated heterocycles. The lowest BCUT2D eigenvalue weighted by atomic mass is 10.2. The second-order valence-corrected chi connectivity index (χ2v) is 11.7. The predicted molar refractivity (Wildman–Crippen MR) is 84.2 cm³/mol. The van der Waals surface area contributed by atoms with Crippen molar-refractivity contribution in [1.82, 2.24) is 0 Å². The van der Waals surface area contributed by atoms with Gasteiger partial charge in [0.05, 0.1) is 18.2 Å². The van der Waals surface area contributed by atoms with E-state index in [1.807, 2.05) is 0 Å². The van der Waals surface area contributed by atoms with E-state index in [2.05, 4.69) is 39.9 Å². The minimum Gasteiger partial charge on any atom is -0.486 e. The van der Waals surface area contributed by atoms with Crippen LogP contribution in [-0.2, 0) is 4.43 Å². The Balaban J connectivity index is 2.01. The predicted octanol–water partition coefficient (Wildman–Crippen LogP) is 3.72. The zero-order chi connectivity index (χ0) is 15.7. The molecule has 2 rings (SSSR count). The van der Waals surface area contributed by atoms with Crippen molar-refractivity contribution >= 4 is 8.32 Å². The molecule has 0 saturated carbocycles. The third kappa shape index (κ3) is 3.58. The maximum Gasteiger partial charge on any atom is 0.192 e. The van der Waals surface area contributed by atoms with E-state index in [4.69, 9.17) is 19.2 Å². The van der Waals surface area contributed by atoms with E-state index in [1.54, 1.807) is 18.2 Å². The van der Waals surface area contributed by atoms with Crippen molar-refractivity contribution in [3.8, 4) is 17.6 Å². The molecule has 1 atom stereocenters. The molecule has 0 N–H and O–H groups in total. The molecule has 4 nitrogen and oxygen atoms in total. The molecule has 0 fully saturated rings. The lowest BCUT2D eigenvalue weighted by Crippen LogP contribution is -2.45. The second kappa shape index (κ2) is 5.70. The number of fused-ring (bicyclic) bond motifs is 1. The molecular weight excluding hydrogens is 282 g/mol. The molecular formula is C16H23NO3Si. The summed E-state index contributed by atoms with van der Waals surface area (Å²) in [6.07, 6.45) is -0.124. The number of nitrogens with zero attached hydrogens (tertiary/aromatic N) is 1. The van der Waals surface area contributed by atoms with Crippen LogP contribution in [0.3, 0.4) is 0 Å². The Labute approximate surface area is 127 Å². The fourth-order valence-corrected chi connectivity index (χ4v) is 2.82. The van der Waals surface area contributed by atoms with Gasteiger partial charge in [-0.1, -0.05) is 20.8 Å². The van der Waals surface area contributed by atoms with E-state index in [1.165, 1.54) is 0 Å². The first-order chi connectivity index (χ1) is 9.73. The van der Waals surface area contributed by atoms with E-state index >= 15 is 0 Å². The first-order valence-corrected chi connectivity index (χ1v) is 10.1. The first-order valence-electron chi connectivity index (χ1n) is 7.20. The van der Waals surface area contributed by atoms with Crippen LogP contribution in [0.2, 0.25) is 18.1 Å². The smallest absolute Gasteiger partial charge is 0.192 e. The summed E-state index contributed by atoms with van der Waals surface area (Å²) in [5.74, 6) is 1.32. The molecule has 1 aromatic rings. The highest BCUT2D eigenvalue weighted by Gasteiger charge is 2.38. The molecule has 1 heterocycles. The molecule has 0 bridgehead atoms.